The number of nitrogens with one attached hydrogen (secondary N) is 1. The number of nitrogens with zero attached hydrogens (tertiary/aromatic N) is 2. The van der Waals surface area contributed by atoms with E-state index in [0.717, 1.165) is 19.7 Å². The van der Waals surface area contributed by atoms with Gasteiger partial charge in [0.05, 0.1) is 24.8 Å². The normalized spacial score (nSPS) is 13.0. The van der Waals surface area contributed by atoms with Crippen LogP contribution in [0.2, 0.25) is 0 Å². The molecule has 7 nitrogen and oxygen atoms in total. The van der Waals surface area contributed by atoms with Gasteiger partial charge in [0.25, 0.3) is 5.91 Å². The van der Waals surface area contributed by atoms with Gasteiger partial charge in [-0.05, 0) is 78.4 Å². The Balaban J connectivity index is 2.21. The molecule has 2 aromatic carbocycles. The molecule has 28 heavy (non-hydrogen) atoms. The van der Waals surface area contributed by atoms with Crippen LogP contribution >= 0.6 is 22.6 Å². The lowest BCUT2D eigenvalue weighted by Gasteiger charge is -2.27. The summed E-state index contributed by atoms with van der Waals surface area (Å²) in [6.45, 7) is 3.28. The van der Waals surface area contributed by atoms with Crippen molar-refractivity contribution >= 4 is 49.9 Å². The molecule has 0 radical (unpaired) electrons. The summed E-state index contributed by atoms with van der Waals surface area (Å²) < 4.78 is 31.8. The smallest absolute Gasteiger partial charge is 0.263 e. The van der Waals surface area contributed by atoms with E-state index in [9.17, 15) is 13.2 Å². The average Bonchev–Trinajstić information content (AvgIpc) is 2.66. The molecule has 150 valence electrons. The van der Waals surface area contributed by atoms with Crippen molar-refractivity contribution in [1.29, 1.82) is 0 Å². The third kappa shape index (κ3) is 5.68. The monoisotopic (exact) mass is 515 g/mol. The Labute approximate surface area is 179 Å². The molecule has 0 aromatic heterocycles. The minimum Gasteiger partial charge on any atom is -0.497 e. The summed E-state index contributed by atoms with van der Waals surface area (Å²) in [4.78, 5) is 12.6. The number of hydrazone groups is 1. The summed E-state index contributed by atoms with van der Waals surface area (Å²) in [6.07, 6.45) is 1.06. The van der Waals surface area contributed by atoms with Gasteiger partial charge < -0.3 is 4.74 Å². The molecule has 2 aromatic rings. The first kappa shape index (κ1) is 22.2. The summed E-state index contributed by atoms with van der Waals surface area (Å²) in [7, 11) is -2.17. The highest BCUT2D eigenvalue weighted by atomic mass is 127. The maximum atomic E-state index is 12.6. The number of hydrogen-bond donors (Lipinski definition) is 1. The van der Waals surface area contributed by atoms with Crippen molar-refractivity contribution in [3.63, 3.8) is 0 Å². The number of anilines is 1. The zero-order valence-corrected chi connectivity index (χ0v) is 19.0. The van der Waals surface area contributed by atoms with Crippen LogP contribution in [0.1, 0.15) is 19.4 Å². The highest BCUT2D eigenvalue weighted by molar-refractivity contribution is 14.1. The fourth-order valence-electron chi connectivity index (χ4n) is 2.53. The van der Waals surface area contributed by atoms with E-state index in [1.807, 2.05) is 24.3 Å². The Bertz CT molecular complexity index is 958. The largest absolute Gasteiger partial charge is 0.497 e. The van der Waals surface area contributed by atoms with E-state index in [-0.39, 0.29) is 0 Å². The molecular weight excluding hydrogens is 493 g/mol. The molecule has 0 spiro atoms. The minimum atomic E-state index is -3.69. The summed E-state index contributed by atoms with van der Waals surface area (Å²) in [6, 6.07) is 13.1. The van der Waals surface area contributed by atoms with Gasteiger partial charge in [0.1, 0.15) is 11.8 Å². The van der Waals surface area contributed by atoms with E-state index < -0.39 is 22.0 Å². The van der Waals surface area contributed by atoms with Gasteiger partial charge in [0, 0.05) is 3.57 Å². The fourth-order valence-corrected chi connectivity index (χ4v) is 4.06. The number of methoxy groups -OCH3 is 1. The van der Waals surface area contributed by atoms with Crippen LogP contribution in [0.5, 0.6) is 5.75 Å². The molecule has 0 aliphatic heterocycles. The number of amides is 1. The van der Waals surface area contributed by atoms with E-state index in [0.29, 0.717) is 17.1 Å². The fraction of sp³-hybridized carbons (Fsp3) is 0.263. The standard InChI is InChI=1S/C19H22IN3O4S/c1-13(15-5-7-16(20)8-6-15)21-22-19(24)14(2)23(28(4,25)26)17-9-11-18(27-3)12-10-17/h5-12,14H,1-4H3,(H,22,24)/b21-13-/t14-/m1/s1. The van der Waals surface area contributed by atoms with Gasteiger partial charge in [-0.3, -0.25) is 9.10 Å². The van der Waals surface area contributed by atoms with Crippen molar-refractivity contribution in [2.75, 3.05) is 17.7 Å². The van der Waals surface area contributed by atoms with Crippen LogP contribution in [0.4, 0.5) is 5.69 Å². The summed E-state index contributed by atoms with van der Waals surface area (Å²) in [5.41, 5.74) is 4.30. The summed E-state index contributed by atoms with van der Waals surface area (Å²) in [5.74, 6) is 0.0538. The van der Waals surface area contributed by atoms with Crippen LogP contribution < -0.4 is 14.5 Å². The van der Waals surface area contributed by atoms with Crippen molar-refractivity contribution in [2.24, 2.45) is 5.10 Å². The van der Waals surface area contributed by atoms with Crippen molar-refractivity contribution in [1.82, 2.24) is 5.43 Å². The second-order valence-electron chi connectivity index (χ2n) is 6.11. The predicted molar refractivity (Wildman–Crippen MR) is 119 cm³/mol. The number of hydrogen-bond acceptors (Lipinski definition) is 5. The molecule has 0 unspecified atom stereocenters. The lowest BCUT2D eigenvalue weighted by molar-refractivity contribution is -0.121. The third-order valence-electron chi connectivity index (χ3n) is 4.01. The molecule has 0 aliphatic carbocycles. The van der Waals surface area contributed by atoms with Crippen LogP contribution in [0.25, 0.3) is 0 Å². The Morgan fingerprint density at radius 3 is 2.21 bits per heavy atom. The van der Waals surface area contributed by atoms with Gasteiger partial charge in [0.15, 0.2) is 0 Å². The van der Waals surface area contributed by atoms with Crippen LogP contribution in [0, 0.1) is 3.57 Å². The number of rotatable bonds is 7. The van der Waals surface area contributed by atoms with E-state index >= 15 is 0 Å². The van der Waals surface area contributed by atoms with Crippen molar-refractivity contribution in [3.8, 4) is 5.75 Å². The van der Waals surface area contributed by atoms with E-state index in [1.54, 1.807) is 31.2 Å². The molecule has 0 bridgehead atoms. The third-order valence-corrected chi connectivity index (χ3v) is 5.97. The molecule has 0 saturated carbocycles. The van der Waals surface area contributed by atoms with Gasteiger partial charge >= 0.3 is 0 Å². The lowest BCUT2D eigenvalue weighted by Crippen LogP contribution is -2.46. The highest BCUT2D eigenvalue weighted by Gasteiger charge is 2.29. The second-order valence-corrected chi connectivity index (χ2v) is 9.22. The maximum Gasteiger partial charge on any atom is 0.263 e. The molecule has 1 N–H and O–H groups in total. The average molecular weight is 515 g/mol. The van der Waals surface area contributed by atoms with Gasteiger partial charge in [0.2, 0.25) is 10.0 Å². The van der Waals surface area contributed by atoms with Crippen LogP contribution in [0.3, 0.4) is 0 Å². The Morgan fingerprint density at radius 1 is 1.14 bits per heavy atom. The van der Waals surface area contributed by atoms with Crippen LogP contribution in [0.15, 0.2) is 53.6 Å². The van der Waals surface area contributed by atoms with Gasteiger partial charge in [-0.25, -0.2) is 13.8 Å². The number of benzene rings is 2. The minimum absolute atomic E-state index is 0.365. The second kappa shape index (κ2) is 9.37. The van der Waals surface area contributed by atoms with E-state index in [4.69, 9.17) is 4.74 Å². The molecule has 1 amide bonds. The molecule has 9 heteroatoms. The molecule has 0 saturated heterocycles. The molecule has 0 aliphatic rings. The quantitative estimate of drug-likeness (QED) is 0.349. The maximum absolute atomic E-state index is 12.6. The molecular formula is C19H22IN3O4S. The molecule has 2 rings (SSSR count). The number of sulfonamides is 1. The van der Waals surface area contributed by atoms with Crippen molar-refractivity contribution < 1.29 is 17.9 Å². The number of halogens is 1. The molecule has 0 fully saturated rings. The van der Waals surface area contributed by atoms with Gasteiger partial charge in [-0.1, -0.05) is 12.1 Å². The van der Waals surface area contributed by atoms with Crippen molar-refractivity contribution in [2.45, 2.75) is 19.9 Å². The van der Waals surface area contributed by atoms with Gasteiger partial charge in [-0.2, -0.15) is 5.10 Å². The SMILES string of the molecule is COc1ccc(N([C@H](C)C(=O)N/N=C(/C)c2ccc(I)cc2)S(C)(=O)=O)cc1. The first-order chi connectivity index (χ1) is 13.1. The van der Waals surface area contributed by atoms with E-state index in [2.05, 4.69) is 33.1 Å². The lowest BCUT2D eigenvalue weighted by atomic mass is 10.1. The predicted octanol–water partition coefficient (Wildman–Crippen LogP) is 2.99. The zero-order chi connectivity index (χ0) is 20.9. The summed E-state index contributed by atoms with van der Waals surface area (Å²) >= 11 is 2.21. The Hall–Kier alpha value is -2.14. The molecule has 1 atom stereocenters. The van der Waals surface area contributed by atoms with Gasteiger partial charge in [-0.15, -0.1) is 0 Å². The highest BCUT2D eigenvalue weighted by Crippen LogP contribution is 2.23. The number of carbonyl (C=O) groups is 1. The number of ether oxygens (including phenoxy) is 1. The van der Waals surface area contributed by atoms with E-state index in [1.165, 1.54) is 14.0 Å². The molecule has 0 heterocycles. The Kier molecular flexibility index (Phi) is 7.41. The van der Waals surface area contributed by atoms with Crippen LogP contribution in [-0.4, -0.2) is 39.4 Å². The number of carbonyl (C=O) groups excluding carboxylic acids is 1. The first-order valence-electron chi connectivity index (χ1n) is 8.37. The topological polar surface area (TPSA) is 88.1 Å². The van der Waals surface area contributed by atoms with Crippen molar-refractivity contribution in [3.05, 3.63) is 57.7 Å². The zero-order valence-electron chi connectivity index (χ0n) is 16.0. The Morgan fingerprint density at radius 2 is 1.71 bits per heavy atom. The summed E-state index contributed by atoms with van der Waals surface area (Å²) in [5, 5.41) is 4.10. The van der Waals surface area contributed by atoms with Crippen LogP contribution in [-0.2, 0) is 14.8 Å². The first-order valence-corrected chi connectivity index (χ1v) is 11.3.